The molecular weight excluding hydrogens is 275 g/mol. The van der Waals surface area contributed by atoms with Crippen LogP contribution < -0.4 is 5.43 Å². The lowest BCUT2D eigenvalue weighted by Gasteiger charge is -2.07. The highest BCUT2D eigenvalue weighted by Gasteiger charge is 2.12. The Morgan fingerprint density at radius 1 is 1.11 bits per heavy atom. The molecule has 3 rings (SSSR count). The highest BCUT2D eigenvalue weighted by Crippen LogP contribution is 2.33. The highest BCUT2D eigenvalue weighted by atomic mass is 35.5. The van der Waals surface area contributed by atoms with E-state index in [1.54, 1.807) is 0 Å². The van der Waals surface area contributed by atoms with Crippen LogP contribution in [-0.4, -0.2) is 5.11 Å². The van der Waals surface area contributed by atoms with Gasteiger partial charge >= 0.3 is 0 Å². The molecule has 0 amide bonds. The van der Waals surface area contributed by atoms with Gasteiger partial charge in [0.05, 0.1) is 10.0 Å². The number of phenolic OH excluding ortho intramolecular Hbond substituents is 1. The second-order valence-corrected chi connectivity index (χ2v) is 4.62. The maximum atomic E-state index is 11.4. The first-order chi connectivity index (χ1) is 8.54. The summed E-state index contributed by atoms with van der Waals surface area (Å²) in [7, 11) is 0. The van der Waals surface area contributed by atoms with Crippen LogP contribution in [0.2, 0.25) is 10.0 Å². The van der Waals surface area contributed by atoms with E-state index >= 15 is 0 Å². The summed E-state index contributed by atoms with van der Waals surface area (Å²) in [5.41, 5.74) is 0.652. The van der Waals surface area contributed by atoms with Crippen LogP contribution in [0.4, 0.5) is 0 Å². The lowest BCUT2D eigenvalue weighted by Crippen LogP contribution is -2.00. The van der Waals surface area contributed by atoms with Crippen molar-refractivity contribution in [3.63, 3.8) is 0 Å². The molecule has 0 saturated heterocycles. The molecule has 2 aliphatic rings. The van der Waals surface area contributed by atoms with Gasteiger partial charge in [-0.05, 0) is 12.1 Å². The highest BCUT2D eigenvalue weighted by molar-refractivity contribution is 6.32. The molecule has 0 spiro atoms. The van der Waals surface area contributed by atoms with Crippen molar-refractivity contribution in [2.45, 2.75) is 0 Å². The van der Waals surface area contributed by atoms with E-state index in [0.29, 0.717) is 22.3 Å². The minimum Gasteiger partial charge on any atom is -0.506 e. The van der Waals surface area contributed by atoms with Gasteiger partial charge in [0.2, 0.25) is 5.43 Å². The summed E-state index contributed by atoms with van der Waals surface area (Å²) < 4.78 is 5.51. The summed E-state index contributed by atoms with van der Waals surface area (Å²) in [6, 6.07) is 8.73. The predicted molar refractivity (Wildman–Crippen MR) is 69.6 cm³/mol. The van der Waals surface area contributed by atoms with Crippen molar-refractivity contribution in [3.05, 3.63) is 50.6 Å². The van der Waals surface area contributed by atoms with Gasteiger partial charge in [0, 0.05) is 29.1 Å². The minimum atomic E-state index is -0.321. The molecule has 0 bridgehead atoms. The van der Waals surface area contributed by atoms with E-state index in [1.165, 1.54) is 24.3 Å². The van der Waals surface area contributed by atoms with Crippen molar-refractivity contribution in [1.29, 1.82) is 0 Å². The van der Waals surface area contributed by atoms with Gasteiger partial charge in [-0.1, -0.05) is 23.2 Å². The van der Waals surface area contributed by atoms with Crippen LogP contribution in [0.3, 0.4) is 0 Å². The molecule has 0 saturated carbocycles. The number of benzene rings is 2. The first-order valence-electron chi connectivity index (χ1n) is 5.02. The Bertz CT molecular complexity index is 792. The van der Waals surface area contributed by atoms with Crippen molar-refractivity contribution in [1.82, 2.24) is 0 Å². The molecule has 1 aromatic rings. The molecule has 0 fully saturated rings. The van der Waals surface area contributed by atoms with Crippen molar-refractivity contribution < 1.29 is 9.52 Å². The van der Waals surface area contributed by atoms with E-state index in [1.807, 2.05) is 0 Å². The second-order valence-electron chi connectivity index (χ2n) is 3.81. The Kier molecular flexibility index (Phi) is 2.47. The van der Waals surface area contributed by atoms with Crippen LogP contribution in [0.15, 0.2) is 33.5 Å². The molecule has 1 heterocycles. The third kappa shape index (κ3) is 1.72. The zero-order valence-corrected chi connectivity index (χ0v) is 10.3. The summed E-state index contributed by atoms with van der Waals surface area (Å²) in [6.07, 6.45) is 0. The van der Waals surface area contributed by atoms with Gasteiger partial charge in [0.25, 0.3) is 0 Å². The van der Waals surface area contributed by atoms with Gasteiger partial charge in [-0.15, -0.1) is 0 Å². The van der Waals surface area contributed by atoms with Crippen LogP contribution in [0.25, 0.3) is 22.3 Å². The zero-order valence-electron chi connectivity index (χ0n) is 8.83. The van der Waals surface area contributed by atoms with Gasteiger partial charge in [-0.2, -0.15) is 0 Å². The monoisotopic (exact) mass is 279 g/mol. The fourth-order valence-electron chi connectivity index (χ4n) is 1.71. The molecule has 1 aliphatic heterocycles. The fourth-order valence-corrected chi connectivity index (χ4v) is 2.03. The standard InChI is InChI=1S/C13H5Cl2O3/c14-8-2-6-1-7-3-9(15)11(17)5-13(7)18-12(6)4-10(8)16/h2-5,16H. The topological polar surface area (TPSA) is 50.4 Å². The van der Waals surface area contributed by atoms with E-state index in [4.69, 9.17) is 27.6 Å². The predicted octanol–water partition coefficient (Wildman–Crippen LogP) is 3.71. The van der Waals surface area contributed by atoms with Crippen molar-refractivity contribution in [2.24, 2.45) is 0 Å². The second kappa shape index (κ2) is 3.90. The smallest absolute Gasteiger partial charge is 0.200 e. The first kappa shape index (κ1) is 11.4. The number of aromatic hydroxyl groups is 1. The third-order valence-electron chi connectivity index (χ3n) is 2.57. The van der Waals surface area contributed by atoms with Crippen molar-refractivity contribution in [2.75, 3.05) is 0 Å². The Morgan fingerprint density at radius 3 is 2.67 bits per heavy atom. The Balaban J connectivity index is 2.45. The largest absolute Gasteiger partial charge is 0.506 e. The summed E-state index contributed by atoms with van der Waals surface area (Å²) in [5, 5.41) is 10.4. The maximum absolute atomic E-state index is 11.4. The number of phenols is 1. The van der Waals surface area contributed by atoms with Gasteiger partial charge in [0.1, 0.15) is 17.1 Å². The number of halogens is 2. The van der Waals surface area contributed by atoms with E-state index in [-0.39, 0.29) is 21.2 Å². The van der Waals surface area contributed by atoms with Gasteiger partial charge < -0.3 is 9.52 Å². The van der Waals surface area contributed by atoms with E-state index in [2.05, 4.69) is 6.07 Å². The number of hydrogen-bond acceptors (Lipinski definition) is 3. The molecule has 0 aromatic heterocycles. The Labute approximate surface area is 112 Å². The molecule has 89 valence electrons. The molecular formula is C13H5Cl2O3. The van der Waals surface area contributed by atoms with Crippen LogP contribution in [0.5, 0.6) is 5.75 Å². The van der Waals surface area contributed by atoms with E-state index in [0.717, 1.165) is 0 Å². The Hall–Kier alpha value is -1.71. The van der Waals surface area contributed by atoms with Gasteiger partial charge in [-0.3, -0.25) is 4.79 Å². The molecule has 5 heteroatoms. The lowest BCUT2D eigenvalue weighted by atomic mass is 10.1. The van der Waals surface area contributed by atoms with Crippen LogP contribution in [-0.2, 0) is 0 Å². The minimum absolute atomic E-state index is 0.0861. The van der Waals surface area contributed by atoms with Gasteiger partial charge in [-0.25, -0.2) is 0 Å². The normalized spacial score (nSPS) is 11.2. The van der Waals surface area contributed by atoms with Gasteiger partial charge in [0.15, 0.2) is 0 Å². The Morgan fingerprint density at radius 2 is 1.89 bits per heavy atom. The van der Waals surface area contributed by atoms with E-state index in [9.17, 15) is 9.90 Å². The zero-order chi connectivity index (χ0) is 12.9. The summed E-state index contributed by atoms with van der Waals surface area (Å²) in [5.74, 6) is 0.274. The SMILES string of the molecule is O=c1cc2oc3cc(O)c(Cl)cc3[c]c-2cc1Cl. The summed E-state index contributed by atoms with van der Waals surface area (Å²) in [6.45, 7) is 0. The molecule has 3 nitrogen and oxygen atoms in total. The molecule has 1 N–H and O–H groups in total. The quantitative estimate of drug-likeness (QED) is 0.638. The molecule has 1 radical (unpaired) electrons. The number of fused-ring (bicyclic) bond motifs is 2. The summed E-state index contributed by atoms with van der Waals surface area (Å²) >= 11 is 11.6. The third-order valence-corrected chi connectivity index (χ3v) is 3.17. The molecule has 18 heavy (non-hydrogen) atoms. The van der Waals surface area contributed by atoms with Crippen LogP contribution in [0, 0.1) is 6.07 Å². The van der Waals surface area contributed by atoms with Crippen LogP contribution >= 0.6 is 23.2 Å². The number of hydrogen-bond donors (Lipinski definition) is 1. The van der Waals surface area contributed by atoms with Crippen molar-refractivity contribution in [3.8, 4) is 17.1 Å². The average molecular weight is 280 g/mol. The molecule has 1 aromatic carbocycles. The summed E-state index contributed by atoms with van der Waals surface area (Å²) in [4.78, 5) is 11.4. The maximum Gasteiger partial charge on any atom is 0.200 e. The fraction of sp³-hybridized carbons (Fsp3) is 0. The average Bonchev–Trinajstić information content (AvgIpc) is 2.31. The molecule has 1 aliphatic carbocycles. The lowest BCUT2D eigenvalue weighted by molar-refractivity contribution is 0.474. The number of rotatable bonds is 0. The van der Waals surface area contributed by atoms with Crippen LogP contribution in [0.1, 0.15) is 0 Å². The van der Waals surface area contributed by atoms with Crippen molar-refractivity contribution >= 4 is 34.2 Å². The van der Waals surface area contributed by atoms with E-state index < -0.39 is 0 Å². The molecule has 0 unspecified atom stereocenters. The molecule has 0 atom stereocenters. The first-order valence-corrected chi connectivity index (χ1v) is 5.78.